The maximum atomic E-state index is 5.29. The number of aromatic amines is 1. The highest BCUT2D eigenvalue weighted by Crippen LogP contribution is 2.18. The van der Waals surface area contributed by atoms with E-state index in [1.807, 2.05) is 50.2 Å². The fourth-order valence-corrected chi connectivity index (χ4v) is 2.25. The molecule has 5 nitrogen and oxygen atoms in total. The van der Waals surface area contributed by atoms with Crippen molar-refractivity contribution in [3.05, 3.63) is 64.7 Å². The van der Waals surface area contributed by atoms with Crippen molar-refractivity contribution >= 4 is 17.9 Å². The Bertz CT molecular complexity index is 860. The van der Waals surface area contributed by atoms with Crippen molar-refractivity contribution in [1.82, 2.24) is 19.9 Å². The van der Waals surface area contributed by atoms with Crippen molar-refractivity contribution in [1.29, 1.82) is 0 Å². The van der Waals surface area contributed by atoms with E-state index >= 15 is 0 Å². The van der Waals surface area contributed by atoms with Crippen LogP contribution >= 0.6 is 12.2 Å². The Labute approximate surface area is 133 Å². The smallest absolute Gasteiger partial charge is 0.216 e. The van der Waals surface area contributed by atoms with Gasteiger partial charge in [-0.15, -0.1) is 0 Å². The number of H-pyrrole nitrogens is 1. The van der Waals surface area contributed by atoms with Gasteiger partial charge in [-0.25, -0.2) is 5.10 Å². The number of nitrogens with one attached hydrogen (secondary N) is 1. The Morgan fingerprint density at radius 1 is 1.14 bits per heavy atom. The standard InChI is InChI=1S/C16H15N5S/c1-11-3-5-14(6-4-11)15-18-19-16(22)21(15)20-12(2)13-7-9-17-10-8-13/h3-10H,1-2H3,(H,19,22)/b20-12-. The zero-order valence-electron chi connectivity index (χ0n) is 12.3. The molecule has 110 valence electrons. The molecule has 2 aromatic heterocycles. The quantitative estimate of drug-likeness (QED) is 0.594. The highest BCUT2D eigenvalue weighted by atomic mass is 32.1. The summed E-state index contributed by atoms with van der Waals surface area (Å²) in [6, 6.07) is 11.9. The van der Waals surface area contributed by atoms with E-state index in [4.69, 9.17) is 12.2 Å². The number of aromatic nitrogens is 4. The number of hydrogen-bond donors (Lipinski definition) is 1. The van der Waals surface area contributed by atoms with Crippen LogP contribution in [0.1, 0.15) is 18.1 Å². The number of aryl methyl sites for hydroxylation is 1. The van der Waals surface area contributed by atoms with Gasteiger partial charge in [0.05, 0.1) is 5.71 Å². The Morgan fingerprint density at radius 2 is 1.82 bits per heavy atom. The summed E-state index contributed by atoms with van der Waals surface area (Å²) in [5.41, 5.74) is 3.99. The average Bonchev–Trinajstić information content (AvgIpc) is 2.90. The van der Waals surface area contributed by atoms with E-state index in [1.54, 1.807) is 17.1 Å². The highest BCUT2D eigenvalue weighted by Gasteiger charge is 2.09. The molecule has 2 heterocycles. The molecule has 0 fully saturated rings. The van der Waals surface area contributed by atoms with Crippen molar-refractivity contribution < 1.29 is 0 Å². The Kier molecular flexibility index (Phi) is 3.93. The van der Waals surface area contributed by atoms with Crippen LogP contribution in [0.4, 0.5) is 0 Å². The zero-order valence-corrected chi connectivity index (χ0v) is 13.1. The van der Waals surface area contributed by atoms with Crippen molar-refractivity contribution in [2.24, 2.45) is 5.10 Å². The van der Waals surface area contributed by atoms with Gasteiger partial charge in [-0.3, -0.25) is 4.98 Å². The molecular formula is C16H15N5S. The van der Waals surface area contributed by atoms with E-state index in [1.165, 1.54) is 5.56 Å². The fourth-order valence-electron chi connectivity index (χ4n) is 2.07. The molecule has 3 aromatic rings. The van der Waals surface area contributed by atoms with E-state index in [0.717, 1.165) is 16.8 Å². The van der Waals surface area contributed by atoms with Crippen LogP contribution in [0, 0.1) is 11.7 Å². The molecule has 0 aliphatic rings. The molecule has 0 saturated heterocycles. The van der Waals surface area contributed by atoms with Crippen LogP contribution in [0.25, 0.3) is 11.4 Å². The second kappa shape index (κ2) is 6.03. The molecule has 0 atom stereocenters. The maximum Gasteiger partial charge on any atom is 0.216 e. The van der Waals surface area contributed by atoms with Crippen LogP contribution in [-0.4, -0.2) is 25.6 Å². The first-order chi connectivity index (χ1) is 10.6. The molecule has 0 saturated carbocycles. The molecule has 0 bridgehead atoms. The molecule has 22 heavy (non-hydrogen) atoms. The lowest BCUT2D eigenvalue weighted by molar-refractivity contribution is 0.864. The number of benzene rings is 1. The van der Waals surface area contributed by atoms with Gasteiger partial charge in [-0.1, -0.05) is 29.8 Å². The minimum Gasteiger partial charge on any atom is -0.265 e. The second-order valence-electron chi connectivity index (χ2n) is 4.95. The number of hydrogen-bond acceptors (Lipinski definition) is 4. The van der Waals surface area contributed by atoms with Crippen LogP contribution < -0.4 is 0 Å². The topological polar surface area (TPSA) is 58.9 Å². The van der Waals surface area contributed by atoms with Crippen molar-refractivity contribution in [3.8, 4) is 11.4 Å². The van der Waals surface area contributed by atoms with E-state index in [-0.39, 0.29) is 0 Å². The van der Waals surface area contributed by atoms with E-state index in [9.17, 15) is 0 Å². The third-order valence-corrected chi connectivity index (χ3v) is 3.57. The summed E-state index contributed by atoms with van der Waals surface area (Å²) in [4.78, 5) is 4.01. The SMILES string of the molecule is C/C(=N/n1c(-c2ccc(C)cc2)n[nH]c1=S)c1ccncc1. The molecule has 0 spiro atoms. The number of rotatable bonds is 3. The zero-order chi connectivity index (χ0) is 15.5. The predicted octanol–water partition coefficient (Wildman–Crippen LogP) is 3.58. The molecule has 6 heteroatoms. The van der Waals surface area contributed by atoms with Gasteiger partial charge in [0, 0.05) is 23.5 Å². The van der Waals surface area contributed by atoms with Crippen molar-refractivity contribution in [3.63, 3.8) is 0 Å². The van der Waals surface area contributed by atoms with Gasteiger partial charge in [-0.05, 0) is 38.2 Å². The first kappa shape index (κ1) is 14.3. The summed E-state index contributed by atoms with van der Waals surface area (Å²) in [6.45, 7) is 3.98. The van der Waals surface area contributed by atoms with Gasteiger partial charge in [0.2, 0.25) is 4.77 Å². The number of nitrogens with zero attached hydrogens (tertiary/aromatic N) is 4. The largest absolute Gasteiger partial charge is 0.265 e. The molecule has 0 unspecified atom stereocenters. The van der Waals surface area contributed by atoms with E-state index in [2.05, 4.69) is 20.3 Å². The minimum atomic E-state index is 0.462. The Hall–Kier alpha value is -2.60. The predicted molar refractivity (Wildman–Crippen MR) is 89.4 cm³/mol. The lowest BCUT2D eigenvalue weighted by atomic mass is 10.1. The van der Waals surface area contributed by atoms with Crippen LogP contribution in [0.2, 0.25) is 0 Å². The van der Waals surface area contributed by atoms with Gasteiger partial charge in [0.1, 0.15) is 0 Å². The van der Waals surface area contributed by atoms with Gasteiger partial charge in [0.25, 0.3) is 0 Å². The first-order valence-electron chi connectivity index (χ1n) is 6.85. The third kappa shape index (κ3) is 2.87. The molecule has 1 aromatic carbocycles. The fraction of sp³-hybridized carbons (Fsp3) is 0.125. The lowest BCUT2D eigenvalue weighted by Crippen LogP contribution is -2.01. The molecule has 0 aliphatic heterocycles. The van der Waals surface area contributed by atoms with Crippen molar-refractivity contribution in [2.45, 2.75) is 13.8 Å². The third-order valence-electron chi connectivity index (χ3n) is 3.31. The van der Waals surface area contributed by atoms with E-state index < -0.39 is 0 Å². The maximum absolute atomic E-state index is 5.29. The molecular weight excluding hydrogens is 294 g/mol. The normalized spacial score (nSPS) is 11.6. The lowest BCUT2D eigenvalue weighted by Gasteiger charge is -2.04. The van der Waals surface area contributed by atoms with Gasteiger partial charge in [-0.2, -0.15) is 14.9 Å². The van der Waals surface area contributed by atoms with Gasteiger partial charge < -0.3 is 0 Å². The summed E-state index contributed by atoms with van der Waals surface area (Å²) in [7, 11) is 0. The monoisotopic (exact) mass is 309 g/mol. The van der Waals surface area contributed by atoms with Crippen LogP contribution in [-0.2, 0) is 0 Å². The van der Waals surface area contributed by atoms with Crippen LogP contribution in [0.5, 0.6) is 0 Å². The molecule has 3 rings (SSSR count). The Balaban J connectivity index is 2.07. The molecule has 0 aliphatic carbocycles. The highest BCUT2D eigenvalue weighted by molar-refractivity contribution is 7.71. The Morgan fingerprint density at radius 3 is 2.50 bits per heavy atom. The van der Waals surface area contributed by atoms with Crippen LogP contribution in [0.15, 0.2) is 53.9 Å². The van der Waals surface area contributed by atoms with Crippen molar-refractivity contribution in [2.75, 3.05) is 0 Å². The summed E-state index contributed by atoms with van der Waals surface area (Å²) < 4.78 is 2.11. The first-order valence-corrected chi connectivity index (χ1v) is 7.26. The average molecular weight is 309 g/mol. The summed E-state index contributed by atoms with van der Waals surface area (Å²) in [5.74, 6) is 0.693. The number of pyridine rings is 1. The summed E-state index contributed by atoms with van der Waals surface area (Å²) in [6.07, 6.45) is 3.48. The van der Waals surface area contributed by atoms with Crippen LogP contribution in [0.3, 0.4) is 0 Å². The molecule has 0 radical (unpaired) electrons. The van der Waals surface area contributed by atoms with Gasteiger partial charge >= 0.3 is 0 Å². The van der Waals surface area contributed by atoms with Gasteiger partial charge in [0.15, 0.2) is 5.82 Å². The summed E-state index contributed by atoms with van der Waals surface area (Å²) in [5, 5.41) is 11.7. The van der Waals surface area contributed by atoms with E-state index in [0.29, 0.717) is 10.6 Å². The summed E-state index contributed by atoms with van der Waals surface area (Å²) >= 11 is 5.29. The molecule has 0 amide bonds. The molecule has 1 N–H and O–H groups in total. The second-order valence-corrected chi connectivity index (χ2v) is 5.34. The minimum absolute atomic E-state index is 0.462.